The van der Waals surface area contributed by atoms with Gasteiger partial charge in [0.1, 0.15) is 0 Å². The predicted molar refractivity (Wildman–Crippen MR) is 68.7 cm³/mol. The fourth-order valence-electron chi connectivity index (χ4n) is 1.71. The summed E-state index contributed by atoms with van der Waals surface area (Å²) in [7, 11) is 0. The maximum atomic E-state index is 11.0. The van der Waals surface area contributed by atoms with Gasteiger partial charge in [0.15, 0.2) is 6.29 Å². The average molecular weight is 278 g/mol. The lowest BCUT2D eigenvalue weighted by atomic mass is 10.1. The molecule has 0 spiro atoms. The zero-order valence-electron chi connectivity index (χ0n) is 8.96. The molecule has 1 heterocycles. The zero-order valence-corrected chi connectivity index (χ0v) is 10.5. The molecule has 1 aromatic heterocycles. The molecule has 0 bridgehead atoms. The number of hydrogen-bond acceptors (Lipinski definition) is 1. The second kappa shape index (κ2) is 4.66. The first-order chi connectivity index (χ1) is 7.76. The summed E-state index contributed by atoms with van der Waals surface area (Å²) in [6, 6.07) is 9.93. The predicted octanol–water partition coefficient (Wildman–Crippen LogP) is 3.82. The molecule has 2 rings (SSSR count). The number of aromatic amines is 1. The molecule has 0 atom stereocenters. The Morgan fingerprint density at radius 1 is 1.31 bits per heavy atom. The van der Waals surface area contributed by atoms with Crippen molar-refractivity contribution in [2.45, 2.75) is 13.3 Å². The first-order valence-electron chi connectivity index (χ1n) is 5.18. The second-order valence-electron chi connectivity index (χ2n) is 3.57. The molecule has 1 N–H and O–H groups in total. The third-order valence-electron chi connectivity index (χ3n) is 2.57. The van der Waals surface area contributed by atoms with Crippen molar-refractivity contribution < 1.29 is 4.79 Å². The quantitative estimate of drug-likeness (QED) is 0.850. The van der Waals surface area contributed by atoms with Crippen molar-refractivity contribution in [3.05, 3.63) is 46.2 Å². The lowest BCUT2D eigenvalue weighted by Crippen LogP contribution is -1.85. The summed E-state index contributed by atoms with van der Waals surface area (Å²) < 4.78 is 1.000. The molecule has 0 aliphatic carbocycles. The van der Waals surface area contributed by atoms with E-state index in [0.717, 1.165) is 34.0 Å². The van der Waals surface area contributed by atoms with Gasteiger partial charge in [-0.1, -0.05) is 41.1 Å². The first kappa shape index (κ1) is 11.1. The Morgan fingerprint density at radius 3 is 2.69 bits per heavy atom. The number of rotatable bonds is 3. The number of H-pyrrole nitrogens is 1. The Morgan fingerprint density at radius 2 is 2.06 bits per heavy atom. The van der Waals surface area contributed by atoms with Crippen LogP contribution in [0.15, 0.2) is 34.8 Å². The molecule has 2 nitrogen and oxygen atoms in total. The first-order valence-corrected chi connectivity index (χ1v) is 5.97. The van der Waals surface area contributed by atoms with Crippen LogP contribution in [0.25, 0.3) is 11.1 Å². The number of benzene rings is 1. The molecule has 0 radical (unpaired) electrons. The Kier molecular flexibility index (Phi) is 3.25. The molecule has 3 heteroatoms. The number of aryl methyl sites for hydroxylation is 1. The van der Waals surface area contributed by atoms with E-state index in [9.17, 15) is 4.79 Å². The summed E-state index contributed by atoms with van der Waals surface area (Å²) in [6.07, 6.45) is 1.76. The van der Waals surface area contributed by atoms with E-state index in [4.69, 9.17) is 0 Å². The third kappa shape index (κ3) is 1.95. The fourth-order valence-corrected chi connectivity index (χ4v) is 2.21. The largest absolute Gasteiger partial charge is 0.356 e. The van der Waals surface area contributed by atoms with Gasteiger partial charge in [0.25, 0.3) is 0 Å². The Labute approximate surface area is 103 Å². The van der Waals surface area contributed by atoms with Gasteiger partial charge in [0, 0.05) is 15.7 Å². The second-order valence-corrected chi connectivity index (χ2v) is 4.43. The molecular weight excluding hydrogens is 266 g/mol. The van der Waals surface area contributed by atoms with E-state index in [1.807, 2.05) is 30.3 Å². The van der Waals surface area contributed by atoms with Gasteiger partial charge in [-0.05, 0) is 24.1 Å². The highest BCUT2D eigenvalue weighted by Gasteiger charge is 2.10. The molecule has 0 saturated carbocycles. The normalized spacial score (nSPS) is 10.4. The van der Waals surface area contributed by atoms with Gasteiger partial charge >= 0.3 is 0 Å². The summed E-state index contributed by atoms with van der Waals surface area (Å²) in [6.45, 7) is 2.06. The lowest BCUT2D eigenvalue weighted by molar-refractivity contribution is 0.112. The van der Waals surface area contributed by atoms with Crippen LogP contribution < -0.4 is 0 Å². The van der Waals surface area contributed by atoms with Crippen LogP contribution in [-0.2, 0) is 6.42 Å². The zero-order chi connectivity index (χ0) is 11.5. The standard InChI is InChI=1S/C13H12BrNO/c1-2-9-7-11(13(8-16)15-9)10-5-3-4-6-12(10)14/h3-8,15H,2H2,1H3. The number of nitrogens with one attached hydrogen (secondary N) is 1. The third-order valence-corrected chi connectivity index (χ3v) is 3.26. The smallest absolute Gasteiger partial charge is 0.166 e. The van der Waals surface area contributed by atoms with E-state index in [2.05, 4.69) is 27.8 Å². The van der Waals surface area contributed by atoms with Crippen molar-refractivity contribution in [1.82, 2.24) is 4.98 Å². The summed E-state index contributed by atoms with van der Waals surface area (Å²) in [5, 5.41) is 0. The number of carbonyl (C=O) groups excluding carboxylic acids is 1. The van der Waals surface area contributed by atoms with Crippen LogP contribution >= 0.6 is 15.9 Å². The minimum absolute atomic E-state index is 0.642. The molecule has 82 valence electrons. The number of halogens is 1. The number of carbonyl (C=O) groups is 1. The van der Waals surface area contributed by atoms with Crippen LogP contribution in [0.1, 0.15) is 23.1 Å². The van der Waals surface area contributed by atoms with Crippen molar-refractivity contribution in [1.29, 1.82) is 0 Å². The van der Waals surface area contributed by atoms with Crippen molar-refractivity contribution in [2.24, 2.45) is 0 Å². The van der Waals surface area contributed by atoms with E-state index in [-0.39, 0.29) is 0 Å². The van der Waals surface area contributed by atoms with Gasteiger partial charge in [0.2, 0.25) is 0 Å². The Balaban J connectivity index is 2.59. The van der Waals surface area contributed by atoms with E-state index < -0.39 is 0 Å². The van der Waals surface area contributed by atoms with Gasteiger partial charge in [-0.2, -0.15) is 0 Å². The maximum Gasteiger partial charge on any atom is 0.166 e. The molecule has 0 aliphatic rings. The van der Waals surface area contributed by atoms with Gasteiger partial charge in [-0.3, -0.25) is 4.79 Å². The van der Waals surface area contributed by atoms with Crippen molar-refractivity contribution in [3.63, 3.8) is 0 Å². The molecular formula is C13H12BrNO. The van der Waals surface area contributed by atoms with E-state index in [0.29, 0.717) is 5.69 Å². The molecule has 0 saturated heterocycles. The molecule has 1 aromatic carbocycles. The Bertz CT molecular complexity index is 516. The number of aromatic nitrogens is 1. The highest BCUT2D eigenvalue weighted by atomic mass is 79.9. The van der Waals surface area contributed by atoms with Gasteiger partial charge in [-0.15, -0.1) is 0 Å². The highest BCUT2D eigenvalue weighted by molar-refractivity contribution is 9.10. The SMILES string of the molecule is CCc1cc(-c2ccccc2Br)c(C=O)[nH]1. The fraction of sp³-hybridized carbons (Fsp3) is 0.154. The van der Waals surface area contributed by atoms with E-state index in [1.165, 1.54) is 0 Å². The van der Waals surface area contributed by atoms with Crippen molar-refractivity contribution >= 4 is 22.2 Å². The topological polar surface area (TPSA) is 32.9 Å². The lowest BCUT2D eigenvalue weighted by Gasteiger charge is -2.01. The Hall–Kier alpha value is -1.35. The molecule has 0 amide bonds. The van der Waals surface area contributed by atoms with Crippen molar-refractivity contribution in [3.8, 4) is 11.1 Å². The van der Waals surface area contributed by atoms with Crippen molar-refractivity contribution in [2.75, 3.05) is 0 Å². The van der Waals surface area contributed by atoms with Crippen LogP contribution in [0.4, 0.5) is 0 Å². The summed E-state index contributed by atoms with van der Waals surface area (Å²) in [5.41, 5.74) is 3.72. The van der Waals surface area contributed by atoms with Crippen LogP contribution in [0.2, 0.25) is 0 Å². The van der Waals surface area contributed by atoms with E-state index >= 15 is 0 Å². The molecule has 16 heavy (non-hydrogen) atoms. The molecule has 0 fully saturated rings. The minimum Gasteiger partial charge on any atom is -0.356 e. The average Bonchev–Trinajstić information content (AvgIpc) is 2.72. The van der Waals surface area contributed by atoms with Crippen LogP contribution in [0, 0.1) is 0 Å². The molecule has 0 aliphatic heterocycles. The number of hydrogen-bond donors (Lipinski definition) is 1. The van der Waals surface area contributed by atoms with E-state index in [1.54, 1.807) is 0 Å². The van der Waals surface area contributed by atoms with Crippen LogP contribution in [-0.4, -0.2) is 11.3 Å². The number of aldehydes is 1. The molecule has 2 aromatic rings. The summed E-state index contributed by atoms with van der Waals surface area (Å²) >= 11 is 3.50. The summed E-state index contributed by atoms with van der Waals surface area (Å²) in [5.74, 6) is 0. The van der Waals surface area contributed by atoms with Crippen LogP contribution in [0.3, 0.4) is 0 Å². The monoisotopic (exact) mass is 277 g/mol. The highest BCUT2D eigenvalue weighted by Crippen LogP contribution is 2.30. The maximum absolute atomic E-state index is 11.0. The molecule has 0 unspecified atom stereocenters. The summed E-state index contributed by atoms with van der Waals surface area (Å²) in [4.78, 5) is 14.1. The minimum atomic E-state index is 0.642. The van der Waals surface area contributed by atoms with Crippen LogP contribution in [0.5, 0.6) is 0 Å². The van der Waals surface area contributed by atoms with Gasteiger partial charge < -0.3 is 4.98 Å². The van der Waals surface area contributed by atoms with Gasteiger partial charge in [0.05, 0.1) is 5.69 Å². The van der Waals surface area contributed by atoms with Gasteiger partial charge in [-0.25, -0.2) is 0 Å².